The monoisotopic (exact) mass is 394 g/mol. The summed E-state index contributed by atoms with van der Waals surface area (Å²) >= 11 is 5.58. The molecule has 0 saturated carbocycles. The normalized spacial score (nSPS) is 25.9. The fourth-order valence-corrected chi connectivity index (χ4v) is 4.20. The van der Waals surface area contributed by atoms with Crippen LogP contribution in [0.5, 0.6) is 11.5 Å². The molecule has 27 heavy (non-hydrogen) atoms. The van der Waals surface area contributed by atoms with E-state index in [9.17, 15) is 4.79 Å². The average Bonchev–Trinajstić information content (AvgIpc) is 2.62. The van der Waals surface area contributed by atoms with Gasteiger partial charge in [0.25, 0.3) is 0 Å². The predicted octanol–water partition coefficient (Wildman–Crippen LogP) is 2.25. The van der Waals surface area contributed by atoms with E-state index in [1.54, 1.807) is 14.0 Å². The van der Waals surface area contributed by atoms with Gasteiger partial charge in [-0.1, -0.05) is 12.1 Å². The van der Waals surface area contributed by atoms with E-state index >= 15 is 0 Å². The number of hydrogen-bond donors (Lipinski definition) is 1. The average molecular weight is 394 g/mol. The van der Waals surface area contributed by atoms with Gasteiger partial charge in [-0.25, -0.2) is 0 Å². The van der Waals surface area contributed by atoms with Crippen LogP contribution in [-0.4, -0.2) is 55.2 Å². The zero-order valence-corrected chi connectivity index (χ0v) is 16.9. The Hall–Kier alpha value is -2.06. The molecule has 8 heteroatoms. The highest BCUT2D eigenvalue weighted by Gasteiger charge is 2.59. The number of para-hydroxylation sites is 1. The summed E-state index contributed by atoms with van der Waals surface area (Å²) in [6.07, 6.45) is 0. The molecule has 1 fully saturated rings. The van der Waals surface area contributed by atoms with Crippen LogP contribution in [0.4, 0.5) is 0 Å². The maximum absolute atomic E-state index is 12.9. The zero-order chi connectivity index (χ0) is 19.6. The van der Waals surface area contributed by atoms with Crippen molar-refractivity contribution in [3.8, 4) is 11.5 Å². The number of carbonyl (C=O) groups excluding carboxylic acids is 1. The van der Waals surface area contributed by atoms with Gasteiger partial charge in [0.2, 0.25) is 0 Å². The number of thiocarbonyl (C=S) groups is 1. The molecule has 2 heterocycles. The molecule has 1 saturated heterocycles. The van der Waals surface area contributed by atoms with Crippen molar-refractivity contribution in [3.05, 3.63) is 23.8 Å². The SMILES string of the molecule is CCOC(=O)[C@@H]1[C@@H]2NC(=S)N(CCOC)[C@@]1(C)Oc1c(OCC)cccc12. The van der Waals surface area contributed by atoms with Crippen LogP contribution in [-0.2, 0) is 14.3 Å². The second-order valence-corrected chi connectivity index (χ2v) is 6.95. The first-order valence-corrected chi connectivity index (χ1v) is 9.57. The van der Waals surface area contributed by atoms with Crippen molar-refractivity contribution in [1.82, 2.24) is 10.2 Å². The van der Waals surface area contributed by atoms with Gasteiger partial charge in [-0.05, 0) is 39.1 Å². The van der Waals surface area contributed by atoms with Crippen LogP contribution in [0, 0.1) is 5.92 Å². The Morgan fingerprint density at radius 3 is 2.81 bits per heavy atom. The van der Waals surface area contributed by atoms with E-state index < -0.39 is 11.6 Å². The Morgan fingerprint density at radius 1 is 1.37 bits per heavy atom. The number of fused-ring (bicyclic) bond motifs is 4. The second-order valence-electron chi connectivity index (χ2n) is 6.57. The Kier molecular flexibility index (Phi) is 5.76. The minimum Gasteiger partial charge on any atom is -0.490 e. The molecule has 7 nitrogen and oxygen atoms in total. The van der Waals surface area contributed by atoms with Crippen LogP contribution < -0.4 is 14.8 Å². The Balaban J connectivity index is 2.12. The van der Waals surface area contributed by atoms with E-state index in [1.165, 1.54) is 0 Å². The van der Waals surface area contributed by atoms with Crippen molar-refractivity contribution in [3.63, 3.8) is 0 Å². The second kappa shape index (κ2) is 7.90. The standard InChI is InChI=1S/C19H26N2O5S/c1-5-24-13-9-7-8-12-15-14(17(22)25-6-2)19(3,26-16(12)13)21(10-11-23-4)18(27)20-15/h7-9,14-15H,5-6,10-11H2,1-4H3,(H,20,27)/t14-,15+,19-/m0/s1. The van der Waals surface area contributed by atoms with Gasteiger partial charge in [-0.15, -0.1) is 0 Å². The highest BCUT2D eigenvalue weighted by Crippen LogP contribution is 2.51. The minimum atomic E-state index is -1.02. The van der Waals surface area contributed by atoms with Crippen LogP contribution in [0.2, 0.25) is 0 Å². The fraction of sp³-hybridized carbons (Fsp3) is 0.579. The molecule has 0 spiro atoms. The molecular formula is C19H26N2O5S. The lowest BCUT2D eigenvalue weighted by Gasteiger charge is -2.55. The molecule has 0 amide bonds. The summed E-state index contributed by atoms with van der Waals surface area (Å²) in [7, 11) is 1.62. The summed E-state index contributed by atoms with van der Waals surface area (Å²) < 4.78 is 22.8. The number of esters is 1. The van der Waals surface area contributed by atoms with Crippen molar-refractivity contribution < 1.29 is 23.7 Å². The number of nitrogens with one attached hydrogen (secondary N) is 1. The van der Waals surface area contributed by atoms with E-state index in [1.807, 2.05) is 36.9 Å². The van der Waals surface area contributed by atoms with Crippen LogP contribution in [0.1, 0.15) is 32.4 Å². The number of methoxy groups -OCH3 is 1. The molecule has 1 aromatic rings. The summed E-state index contributed by atoms with van der Waals surface area (Å²) in [5.74, 6) is 0.361. The van der Waals surface area contributed by atoms with Crippen LogP contribution in [0.3, 0.4) is 0 Å². The summed E-state index contributed by atoms with van der Waals surface area (Å²) in [4.78, 5) is 14.7. The van der Waals surface area contributed by atoms with Crippen LogP contribution >= 0.6 is 12.2 Å². The molecule has 1 aromatic carbocycles. The molecule has 0 aromatic heterocycles. The van der Waals surface area contributed by atoms with E-state index in [-0.39, 0.29) is 12.0 Å². The number of rotatable bonds is 7. The van der Waals surface area contributed by atoms with Gasteiger partial charge in [0.15, 0.2) is 22.3 Å². The Bertz CT molecular complexity index is 728. The molecule has 0 unspecified atom stereocenters. The highest BCUT2D eigenvalue weighted by molar-refractivity contribution is 7.80. The van der Waals surface area contributed by atoms with Gasteiger partial charge in [-0.3, -0.25) is 4.79 Å². The van der Waals surface area contributed by atoms with Gasteiger partial charge in [-0.2, -0.15) is 0 Å². The van der Waals surface area contributed by atoms with Gasteiger partial charge in [0.05, 0.1) is 25.9 Å². The fourth-order valence-electron chi connectivity index (χ4n) is 3.80. The maximum Gasteiger partial charge on any atom is 0.317 e. The quantitative estimate of drug-likeness (QED) is 0.558. The Morgan fingerprint density at radius 2 is 2.15 bits per heavy atom. The van der Waals surface area contributed by atoms with Crippen molar-refractivity contribution in [2.24, 2.45) is 5.92 Å². The van der Waals surface area contributed by atoms with Crippen LogP contribution in [0.15, 0.2) is 18.2 Å². The Labute approximate surface area is 164 Å². The lowest BCUT2D eigenvalue weighted by Crippen LogP contribution is -2.71. The first kappa shape index (κ1) is 19.7. The van der Waals surface area contributed by atoms with E-state index in [0.29, 0.717) is 43.0 Å². The third kappa shape index (κ3) is 3.32. The first-order valence-electron chi connectivity index (χ1n) is 9.16. The van der Waals surface area contributed by atoms with Gasteiger partial charge >= 0.3 is 5.97 Å². The number of nitrogens with zero attached hydrogens (tertiary/aromatic N) is 1. The third-order valence-corrected chi connectivity index (χ3v) is 5.32. The third-order valence-electron chi connectivity index (χ3n) is 4.98. The van der Waals surface area contributed by atoms with Gasteiger partial charge in [0.1, 0.15) is 5.92 Å². The van der Waals surface area contributed by atoms with Crippen LogP contribution in [0.25, 0.3) is 0 Å². The highest BCUT2D eigenvalue weighted by atomic mass is 32.1. The summed E-state index contributed by atoms with van der Waals surface area (Å²) in [5.41, 5.74) is -0.178. The minimum absolute atomic E-state index is 0.298. The molecule has 0 radical (unpaired) electrons. The molecule has 2 aliphatic rings. The van der Waals surface area contributed by atoms with Crippen molar-refractivity contribution in [2.45, 2.75) is 32.5 Å². The summed E-state index contributed by atoms with van der Waals surface area (Å²) in [5, 5.41) is 3.83. The molecule has 1 N–H and O–H groups in total. The van der Waals surface area contributed by atoms with E-state index in [2.05, 4.69) is 5.32 Å². The van der Waals surface area contributed by atoms with Crippen molar-refractivity contribution in [2.75, 3.05) is 33.5 Å². The van der Waals surface area contributed by atoms with Crippen molar-refractivity contribution in [1.29, 1.82) is 0 Å². The van der Waals surface area contributed by atoms with Gasteiger partial charge < -0.3 is 29.2 Å². The van der Waals surface area contributed by atoms with Crippen molar-refractivity contribution >= 4 is 23.3 Å². The molecule has 3 atom stereocenters. The number of carbonyl (C=O) groups is 1. The molecule has 2 aliphatic heterocycles. The zero-order valence-electron chi connectivity index (χ0n) is 16.1. The first-order chi connectivity index (χ1) is 13.0. The van der Waals surface area contributed by atoms with E-state index in [0.717, 1.165) is 5.56 Å². The topological polar surface area (TPSA) is 69.3 Å². The lowest BCUT2D eigenvalue weighted by atomic mass is 9.79. The maximum atomic E-state index is 12.9. The molecular weight excluding hydrogens is 368 g/mol. The number of ether oxygens (including phenoxy) is 4. The largest absolute Gasteiger partial charge is 0.490 e. The summed E-state index contributed by atoms with van der Waals surface area (Å²) in [6.45, 7) is 7.32. The predicted molar refractivity (Wildman–Crippen MR) is 104 cm³/mol. The molecule has 0 aliphatic carbocycles. The smallest absolute Gasteiger partial charge is 0.317 e. The van der Waals surface area contributed by atoms with Gasteiger partial charge in [0, 0.05) is 19.2 Å². The van der Waals surface area contributed by atoms with E-state index in [4.69, 9.17) is 31.2 Å². The number of benzene rings is 1. The molecule has 148 valence electrons. The lowest BCUT2D eigenvalue weighted by molar-refractivity contribution is -0.176. The number of hydrogen-bond acceptors (Lipinski definition) is 6. The molecule has 2 bridgehead atoms. The summed E-state index contributed by atoms with van der Waals surface area (Å²) in [6, 6.07) is 5.32. The molecule has 3 rings (SSSR count).